The van der Waals surface area contributed by atoms with Crippen molar-refractivity contribution < 1.29 is 4.79 Å². The first kappa shape index (κ1) is 13.5. The van der Waals surface area contributed by atoms with E-state index < -0.39 is 0 Å². The van der Waals surface area contributed by atoms with E-state index in [2.05, 4.69) is 10.2 Å². The van der Waals surface area contributed by atoms with E-state index in [1.165, 1.54) is 0 Å². The molecule has 4 heteroatoms. The van der Waals surface area contributed by atoms with Gasteiger partial charge in [-0.2, -0.15) is 0 Å². The maximum atomic E-state index is 11.6. The molecule has 17 heavy (non-hydrogen) atoms. The van der Waals surface area contributed by atoms with Crippen molar-refractivity contribution in [1.82, 2.24) is 10.2 Å². The minimum Gasteiger partial charge on any atom is -0.399 e. The smallest absolute Gasteiger partial charge is 0.236 e. The molecule has 0 aliphatic heterocycles. The quantitative estimate of drug-likeness (QED) is 0.755. The first-order valence-corrected chi connectivity index (χ1v) is 5.88. The van der Waals surface area contributed by atoms with Crippen molar-refractivity contribution in [2.24, 2.45) is 0 Å². The Hall–Kier alpha value is -1.55. The van der Waals surface area contributed by atoms with Crippen LogP contribution in [0.2, 0.25) is 0 Å². The number of rotatable bonds is 5. The molecular formula is C13H21N3O. The molecule has 0 aliphatic rings. The molecule has 4 nitrogen and oxygen atoms in total. The molecule has 0 saturated heterocycles. The number of likely N-dealkylation sites (N-methyl/N-ethyl adjacent to an activating group) is 2. The molecule has 0 fully saturated rings. The Kier molecular flexibility index (Phi) is 4.97. The summed E-state index contributed by atoms with van der Waals surface area (Å²) in [5.41, 5.74) is 7.62. The molecule has 0 radical (unpaired) electrons. The van der Waals surface area contributed by atoms with E-state index in [9.17, 15) is 4.79 Å². The van der Waals surface area contributed by atoms with Crippen LogP contribution >= 0.6 is 0 Å². The molecule has 0 saturated carbocycles. The standard InChI is InChI=1S/C13H21N3O/c1-4-16(10(2)13(17)15-3)9-11-6-5-7-12(14)8-11/h5-8,10H,4,9,14H2,1-3H3,(H,15,17). The van der Waals surface area contributed by atoms with E-state index in [1.54, 1.807) is 7.05 Å². The Balaban J connectivity index is 2.73. The van der Waals surface area contributed by atoms with Crippen molar-refractivity contribution in [3.63, 3.8) is 0 Å². The van der Waals surface area contributed by atoms with Gasteiger partial charge in [-0.3, -0.25) is 9.69 Å². The first-order chi connectivity index (χ1) is 8.08. The molecule has 3 N–H and O–H groups in total. The van der Waals surface area contributed by atoms with Gasteiger partial charge in [0.15, 0.2) is 0 Å². The fraction of sp³-hybridized carbons (Fsp3) is 0.462. The molecule has 1 rings (SSSR count). The van der Waals surface area contributed by atoms with E-state index in [0.29, 0.717) is 0 Å². The van der Waals surface area contributed by atoms with E-state index in [-0.39, 0.29) is 11.9 Å². The SMILES string of the molecule is CCN(Cc1cccc(N)c1)C(C)C(=O)NC. The number of hydrogen-bond donors (Lipinski definition) is 2. The Morgan fingerprint density at radius 1 is 1.53 bits per heavy atom. The Bertz CT molecular complexity index is 379. The summed E-state index contributed by atoms with van der Waals surface area (Å²) in [4.78, 5) is 13.7. The monoisotopic (exact) mass is 235 g/mol. The van der Waals surface area contributed by atoms with Gasteiger partial charge in [-0.15, -0.1) is 0 Å². The van der Waals surface area contributed by atoms with Crippen molar-refractivity contribution in [1.29, 1.82) is 0 Å². The van der Waals surface area contributed by atoms with Gasteiger partial charge in [-0.25, -0.2) is 0 Å². The van der Waals surface area contributed by atoms with Crippen LogP contribution in [0, 0.1) is 0 Å². The van der Waals surface area contributed by atoms with Crippen LogP contribution in [0.3, 0.4) is 0 Å². The summed E-state index contributed by atoms with van der Waals surface area (Å²) in [7, 11) is 1.66. The zero-order valence-corrected chi connectivity index (χ0v) is 10.7. The number of benzene rings is 1. The van der Waals surface area contributed by atoms with Crippen LogP contribution in [-0.2, 0) is 11.3 Å². The number of hydrogen-bond acceptors (Lipinski definition) is 3. The van der Waals surface area contributed by atoms with E-state index in [1.807, 2.05) is 38.1 Å². The van der Waals surface area contributed by atoms with Crippen LogP contribution in [0.25, 0.3) is 0 Å². The average molecular weight is 235 g/mol. The van der Waals surface area contributed by atoms with Crippen molar-refractivity contribution in [3.8, 4) is 0 Å². The molecule has 94 valence electrons. The summed E-state index contributed by atoms with van der Waals surface area (Å²) in [6.45, 7) is 5.51. The predicted molar refractivity (Wildman–Crippen MR) is 70.5 cm³/mol. The zero-order chi connectivity index (χ0) is 12.8. The Morgan fingerprint density at radius 2 is 2.24 bits per heavy atom. The highest BCUT2D eigenvalue weighted by Gasteiger charge is 2.18. The third-order valence-electron chi connectivity index (χ3n) is 2.92. The lowest BCUT2D eigenvalue weighted by Crippen LogP contribution is -2.43. The Morgan fingerprint density at radius 3 is 2.76 bits per heavy atom. The fourth-order valence-electron chi connectivity index (χ4n) is 1.82. The maximum Gasteiger partial charge on any atom is 0.236 e. The molecule has 0 aliphatic carbocycles. The predicted octanol–water partition coefficient (Wildman–Crippen LogP) is 1.23. The van der Waals surface area contributed by atoms with Crippen molar-refractivity contribution in [2.75, 3.05) is 19.3 Å². The topological polar surface area (TPSA) is 58.4 Å². The molecule has 1 atom stereocenters. The van der Waals surface area contributed by atoms with Crippen LogP contribution < -0.4 is 11.1 Å². The van der Waals surface area contributed by atoms with E-state index >= 15 is 0 Å². The average Bonchev–Trinajstić information content (AvgIpc) is 2.34. The number of nitrogens with zero attached hydrogens (tertiary/aromatic N) is 1. The molecule has 0 spiro atoms. The van der Waals surface area contributed by atoms with Gasteiger partial charge in [0.2, 0.25) is 5.91 Å². The number of anilines is 1. The number of carbonyl (C=O) groups excluding carboxylic acids is 1. The summed E-state index contributed by atoms with van der Waals surface area (Å²) in [5, 5.41) is 2.67. The van der Waals surface area contributed by atoms with Gasteiger partial charge >= 0.3 is 0 Å². The first-order valence-electron chi connectivity index (χ1n) is 5.88. The molecule has 0 heterocycles. The second kappa shape index (κ2) is 6.25. The zero-order valence-electron chi connectivity index (χ0n) is 10.7. The van der Waals surface area contributed by atoms with E-state index in [0.717, 1.165) is 24.3 Å². The van der Waals surface area contributed by atoms with Gasteiger partial charge in [0.05, 0.1) is 6.04 Å². The summed E-state index contributed by atoms with van der Waals surface area (Å²) in [6.07, 6.45) is 0. The lowest BCUT2D eigenvalue weighted by molar-refractivity contribution is -0.125. The highest BCUT2D eigenvalue weighted by Crippen LogP contribution is 2.11. The fourth-order valence-corrected chi connectivity index (χ4v) is 1.82. The molecule has 0 aromatic heterocycles. The molecule has 1 unspecified atom stereocenters. The number of carbonyl (C=O) groups is 1. The second-order valence-corrected chi connectivity index (χ2v) is 4.10. The molecule has 1 aromatic rings. The number of nitrogens with one attached hydrogen (secondary N) is 1. The summed E-state index contributed by atoms with van der Waals surface area (Å²) in [5.74, 6) is 0.0377. The van der Waals surface area contributed by atoms with Gasteiger partial charge in [-0.1, -0.05) is 19.1 Å². The number of nitrogen functional groups attached to an aromatic ring is 1. The van der Waals surface area contributed by atoms with Gasteiger partial charge in [0.25, 0.3) is 0 Å². The van der Waals surface area contributed by atoms with Gasteiger partial charge in [0, 0.05) is 19.3 Å². The summed E-state index contributed by atoms with van der Waals surface area (Å²) >= 11 is 0. The molecule has 1 amide bonds. The van der Waals surface area contributed by atoms with Crippen LogP contribution in [0.4, 0.5) is 5.69 Å². The minimum absolute atomic E-state index is 0.0377. The molecular weight excluding hydrogens is 214 g/mol. The largest absolute Gasteiger partial charge is 0.399 e. The van der Waals surface area contributed by atoms with Crippen LogP contribution in [0.5, 0.6) is 0 Å². The van der Waals surface area contributed by atoms with Crippen LogP contribution in [0.1, 0.15) is 19.4 Å². The third-order valence-corrected chi connectivity index (χ3v) is 2.92. The lowest BCUT2D eigenvalue weighted by Gasteiger charge is -2.26. The Labute approximate surface area is 103 Å². The highest BCUT2D eigenvalue weighted by atomic mass is 16.2. The van der Waals surface area contributed by atoms with E-state index in [4.69, 9.17) is 5.73 Å². The van der Waals surface area contributed by atoms with Crippen molar-refractivity contribution in [3.05, 3.63) is 29.8 Å². The summed E-state index contributed by atoms with van der Waals surface area (Å²) in [6, 6.07) is 7.63. The third kappa shape index (κ3) is 3.75. The number of nitrogens with two attached hydrogens (primary N) is 1. The van der Waals surface area contributed by atoms with Gasteiger partial charge in [-0.05, 0) is 31.2 Å². The molecule has 0 bridgehead atoms. The number of amides is 1. The van der Waals surface area contributed by atoms with Crippen molar-refractivity contribution >= 4 is 11.6 Å². The second-order valence-electron chi connectivity index (χ2n) is 4.10. The summed E-state index contributed by atoms with van der Waals surface area (Å²) < 4.78 is 0. The maximum absolute atomic E-state index is 11.6. The minimum atomic E-state index is -0.133. The highest BCUT2D eigenvalue weighted by molar-refractivity contribution is 5.80. The normalized spacial score (nSPS) is 12.5. The lowest BCUT2D eigenvalue weighted by atomic mass is 10.1. The van der Waals surface area contributed by atoms with Crippen LogP contribution in [0.15, 0.2) is 24.3 Å². The van der Waals surface area contributed by atoms with Crippen LogP contribution in [-0.4, -0.2) is 30.4 Å². The van der Waals surface area contributed by atoms with Gasteiger partial charge < -0.3 is 11.1 Å². The van der Waals surface area contributed by atoms with Gasteiger partial charge in [0.1, 0.15) is 0 Å². The molecule has 1 aromatic carbocycles. The van der Waals surface area contributed by atoms with Crippen molar-refractivity contribution in [2.45, 2.75) is 26.4 Å².